The highest BCUT2D eigenvalue weighted by atomic mass is 79.9. The van der Waals surface area contributed by atoms with Crippen molar-refractivity contribution < 1.29 is 18.7 Å². The number of halogens is 3. The molecular weight excluding hydrogens is 600 g/mol. The van der Waals surface area contributed by atoms with E-state index in [4.69, 9.17) is 0 Å². The molecule has 0 spiro atoms. The number of carbonyl (C=O) groups is 1. The van der Waals surface area contributed by atoms with Crippen LogP contribution in [0.3, 0.4) is 0 Å². The average molecular weight is 622 g/mol. The van der Waals surface area contributed by atoms with E-state index in [2.05, 4.69) is 30.8 Å². The van der Waals surface area contributed by atoms with Crippen molar-refractivity contribution in [1.82, 2.24) is 19.4 Å². The Morgan fingerprint density at radius 1 is 0.976 bits per heavy atom. The predicted octanol–water partition coefficient (Wildman–Crippen LogP) is 4.29. The number of fused-ring (bicyclic) bond motifs is 2. The van der Waals surface area contributed by atoms with Gasteiger partial charge in [0.05, 0.1) is 28.7 Å². The lowest BCUT2D eigenvalue weighted by atomic mass is 10.1. The van der Waals surface area contributed by atoms with Crippen molar-refractivity contribution in [3.05, 3.63) is 109 Å². The van der Waals surface area contributed by atoms with Crippen molar-refractivity contribution >= 4 is 49.4 Å². The number of anilines is 1. The lowest BCUT2D eigenvalue weighted by Gasteiger charge is -2.36. The van der Waals surface area contributed by atoms with E-state index in [0.717, 1.165) is 10.5 Å². The summed E-state index contributed by atoms with van der Waals surface area (Å²) >= 11 is 3.36. The Bertz CT molecular complexity index is 1950. The van der Waals surface area contributed by atoms with E-state index in [9.17, 15) is 23.9 Å². The molecule has 0 aliphatic carbocycles. The number of H-pyrrole nitrogens is 1. The zero-order chi connectivity index (χ0) is 28.8. The van der Waals surface area contributed by atoms with Gasteiger partial charge < -0.3 is 19.6 Å². The number of nitrogens with one attached hydrogen (secondary N) is 1. The van der Waals surface area contributed by atoms with Gasteiger partial charge >= 0.3 is 5.97 Å². The summed E-state index contributed by atoms with van der Waals surface area (Å²) in [6, 6.07) is 13.3. The molecule has 208 valence electrons. The molecule has 0 radical (unpaired) electrons. The van der Waals surface area contributed by atoms with E-state index < -0.39 is 28.6 Å². The van der Waals surface area contributed by atoms with Gasteiger partial charge in [-0.05, 0) is 54.6 Å². The fourth-order valence-corrected chi connectivity index (χ4v) is 5.50. The number of piperazine rings is 1. The summed E-state index contributed by atoms with van der Waals surface area (Å²) in [4.78, 5) is 48.6. The summed E-state index contributed by atoms with van der Waals surface area (Å²) in [6.07, 6.45) is 1.18. The number of carboxylic acid groups (broad SMARTS) is 1. The SMILES string of the molecule is O=C(O)c1cn(-c2ccc(F)cc2)c2cc(N3CCN(Cc4nc5ccc(Br)cc5c(=O)[nH]4)CC3)c(F)cc2c1=O. The largest absolute Gasteiger partial charge is 0.477 e. The monoisotopic (exact) mass is 621 g/mol. The number of benzene rings is 3. The fraction of sp³-hybridized carbons (Fsp3) is 0.172. The molecule has 1 aliphatic rings. The molecule has 1 saturated heterocycles. The van der Waals surface area contributed by atoms with Gasteiger partial charge in [0.15, 0.2) is 0 Å². The van der Waals surface area contributed by atoms with Crippen LogP contribution in [0.15, 0.2) is 74.9 Å². The van der Waals surface area contributed by atoms with Gasteiger partial charge in [-0.25, -0.2) is 18.6 Å². The third kappa shape index (κ3) is 5.11. The van der Waals surface area contributed by atoms with Gasteiger partial charge in [-0.2, -0.15) is 0 Å². The van der Waals surface area contributed by atoms with Crippen LogP contribution in [-0.4, -0.2) is 56.7 Å². The van der Waals surface area contributed by atoms with Crippen LogP contribution >= 0.6 is 15.9 Å². The first kappa shape index (κ1) is 26.8. The summed E-state index contributed by atoms with van der Waals surface area (Å²) in [6.45, 7) is 2.45. The van der Waals surface area contributed by atoms with E-state index in [1.54, 1.807) is 12.1 Å². The van der Waals surface area contributed by atoms with Crippen LogP contribution in [0.2, 0.25) is 0 Å². The number of hydrogen-bond donors (Lipinski definition) is 2. The third-order valence-electron chi connectivity index (χ3n) is 7.21. The molecule has 9 nitrogen and oxygen atoms in total. The van der Waals surface area contributed by atoms with Gasteiger partial charge in [0.2, 0.25) is 5.43 Å². The molecule has 0 atom stereocenters. The smallest absolute Gasteiger partial charge is 0.341 e. The number of aromatic amines is 1. The first-order chi connectivity index (χ1) is 19.7. The second kappa shape index (κ2) is 10.5. The minimum Gasteiger partial charge on any atom is -0.477 e. The zero-order valence-electron chi connectivity index (χ0n) is 21.4. The van der Waals surface area contributed by atoms with Crippen molar-refractivity contribution in [3.8, 4) is 5.69 Å². The molecule has 6 rings (SSSR count). The zero-order valence-corrected chi connectivity index (χ0v) is 23.0. The maximum Gasteiger partial charge on any atom is 0.341 e. The van der Waals surface area contributed by atoms with Crippen LogP contribution < -0.4 is 15.9 Å². The number of pyridine rings is 1. The average Bonchev–Trinajstić information content (AvgIpc) is 2.95. The second-order valence-corrected chi connectivity index (χ2v) is 10.7. The standard InChI is InChI=1S/C29H22BrF2N5O4/c30-16-1-6-23-19(11-16)28(39)34-26(33-23)15-35-7-9-36(10-8-35)25-13-24-20(12-22(25)32)27(38)21(29(40)41)14-37(24)18-4-2-17(31)3-5-18/h1-6,11-14H,7-10,15H2,(H,40,41)(H,33,34,39). The second-order valence-electron chi connectivity index (χ2n) is 9.78. The van der Waals surface area contributed by atoms with Gasteiger partial charge in [0.1, 0.15) is 23.0 Å². The first-order valence-electron chi connectivity index (χ1n) is 12.7. The maximum absolute atomic E-state index is 15.4. The summed E-state index contributed by atoms with van der Waals surface area (Å²) < 4.78 is 31.2. The van der Waals surface area contributed by atoms with E-state index in [1.807, 2.05) is 11.0 Å². The highest BCUT2D eigenvalue weighted by Crippen LogP contribution is 2.28. The molecule has 0 unspecified atom stereocenters. The highest BCUT2D eigenvalue weighted by Gasteiger charge is 2.23. The fourth-order valence-electron chi connectivity index (χ4n) is 5.14. The minimum absolute atomic E-state index is 0.0903. The van der Waals surface area contributed by atoms with Crippen LogP contribution in [0.25, 0.3) is 27.5 Å². The number of aromatic carboxylic acids is 1. The Morgan fingerprint density at radius 2 is 1.71 bits per heavy atom. The van der Waals surface area contributed by atoms with Gasteiger partial charge in [0, 0.05) is 47.9 Å². The molecule has 1 fully saturated rings. The van der Waals surface area contributed by atoms with Crippen LogP contribution in [0.4, 0.5) is 14.5 Å². The van der Waals surface area contributed by atoms with Crippen molar-refractivity contribution in [2.75, 3.05) is 31.1 Å². The van der Waals surface area contributed by atoms with Crippen molar-refractivity contribution in [2.24, 2.45) is 0 Å². The number of rotatable bonds is 5. The van der Waals surface area contributed by atoms with Crippen LogP contribution in [0.1, 0.15) is 16.2 Å². The molecule has 2 aromatic heterocycles. The van der Waals surface area contributed by atoms with E-state index in [0.29, 0.717) is 60.7 Å². The maximum atomic E-state index is 15.4. The summed E-state index contributed by atoms with van der Waals surface area (Å²) in [5.41, 5.74) is 0.0447. The lowest BCUT2D eigenvalue weighted by molar-refractivity contribution is 0.0695. The number of hydrogen-bond acceptors (Lipinski definition) is 6. The Labute approximate surface area is 239 Å². The molecule has 3 heterocycles. The van der Waals surface area contributed by atoms with Crippen molar-refractivity contribution in [3.63, 3.8) is 0 Å². The molecular formula is C29H22BrF2N5O4. The molecule has 5 aromatic rings. The van der Waals surface area contributed by atoms with E-state index in [1.165, 1.54) is 41.1 Å². The van der Waals surface area contributed by atoms with Crippen LogP contribution in [0, 0.1) is 11.6 Å². The summed E-state index contributed by atoms with van der Waals surface area (Å²) in [5, 5.41) is 9.98. The predicted molar refractivity (Wildman–Crippen MR) is 154 cm³/mol. The molecule has 12 heteroatoms. The Kier molecular flexibility index (Phi) is 6.88. The van der Waals surface area contributed by atoms with Gasteiger partial charge in [-0.15, -0.1) is 0 Å². The van der Waals surface area contributed by atoms with Gasteiger partial charge in [-0.3, -0.25) is 14.5 Å². The topological polar surface area (TPSA) is 112 Å². The normalized spacial score (nSPS) is 14.2. The Morgan fingerprint density at radius 3 is 2.41 bits per heavy atom. The molecule has 2 N–H and O–H groups in total. The summed E-state index contributed by atoms with van der Waals surface area (Å²) in [7, 11) is 0. The number of aromatic nitrogens is 3. The summed E-state index contributed by atoms with van der Waals surface area (Å²) in [5.74, 6) is -2.03. The number of carboxylic acids is 1. The highest BCUT2D eigenvalue weighted by molar-refractivity contribution is 9.10. The third-order valence-corrected chi connectivity index (χ3v) is 7.70. The molecule has 0 amide bonds. The van der Waals surface area contributed by atoms with Gasteiger partial charge in [0.25, 0.3) is 5.56 Å². The molecule has 3 aromatic carbocycles. The van der Waals surface area contributed by atoms with Crippen molar-refractivity contribution in [2.45, 2.75) is 6.54 Å². The quantitative estimate of drug-likeness (QED) is 0.301. The van der Waals surface area contributed by atoms with E-state index >= 15 is 4.39 Å². The molecule has 0 bridgehead atoms. The molecule has 0 saturated carbocycles. The van der Waals surface area contributed by atoms with Crippen LogP contribution in [-0.2, 0) is 6.54 Å². The Balaban J connectivity index is 1.29. The molecule has 1 aliphatic heterocycles. The van der Waals surface area contributed by atoms with E-state index in [-0.39, 0.29) is 16.6 Å². The van der Waals surface area contributed by atoms with Crippen molar-refractivity contribution in [1.29, 1.82) is 0 Å². The lowest BCUT2D eigenvalue weighted by Crippen LogP contribution is -2.46. The Hall–Kier alpha value is -4.42. The minimum atomic E-state index is -1.44. The van der Waals surface area contributed by atoms with Gasteiger partial charge in [-0.1, -0.05) is 15.9 Å². The van der Waals surface area contributed by atoms with Crippen LogP contribution in [0.5, 0.6) is 0 Å². The number of nitrogens with zero attached hydrogens (tertiary/aromatic N) is 4. The molecule has 41 heavy (non-hydrogen) atoms. The first-order valence-corrected chi connectivity index (χ1v) is 13.5.